The molecule has 0 fully saturated rings. The summed E-state index contributed by atoms with van der Waals surface area (Å²) < 4.78 is 19.8. The van der Waals surface area contributed by atoms with Crippen LogP contribution in [0.1, 0.15) is 18.2 Å². The molecular formula is C14H14BrFN2OS. The average Bonchev–Trinajstić information content (AvgIpc) is 2.87. The molecule has 1 unspecified atom stereocenters. The van der Waals surface area contributed by atoms with Crippen molar-refractivity contribution in [2.45, 2.75) is 19.4 Å². The number of hydrogen-bond donors (Lipinski definition) is 2. The molecule has 0 aliphatic heterocycles. The summed E-state index contributed by atoms with van der Waals surface area (Å²) in [6.45, 7) is 1.96. The van der Waals surface area contributed by atoms with Gasteiger partial charge in [0.1, 0.15) is 10.7 Å². The van der Waals surface area contributed by atoms with E-state index in [1.54, 1.807) is 18.4 Å². The minimum atomic E-state index is -0.401. The van der Waals surface area contributed by atoms with Gasteiger partial charge >= 0.3 is 0 Å². The van der Waals surface area contributed by atoms with Gasteiger partial charge in [-0.05, 0) is 47.1 Å². The summed E-state index contributed by atoms with van der Waals surface area (Å²) in [4.78, 5) is 0.158. The van der Waals surface area contributed by atoms with Crippen molar-refractivity contribution in [3.8, 4) is 0 Å². The molecule has 2 rings (SSSR count). The van der Waals surface area contributed by atoms with Crippen LogP contribution in [0.2, 0.25) is 0 Å². The van der Waals surface area contributed by atoms with E-state index in [9.17, 15) is 4.39 Å². The molecule has 1 heterocycles. The van der Waals surface area contributed by atoms with Crippen LogP contribution in [0.5, 0.6) is 0 Å². The molecule has 0 aliphatic rings. The molecule has 0 bridgehead atoms. The number of rotatable bonds is 5. The molecule has 0 amide bonds. The van der Waals surface area contributed by atoms with Gasteiger partial charge in [-0.15, -0.1) is 0 Å². The zero-order valence-electron chi connectivity index (χ0n) is 10.8. The number of nitrogens with one attached hydrogen (secondary N) is 1. The molecule has 106 valence electrons. The number of hydrogen-bond acceptors (Lipinski definition) is 3. The van der Waals surface area contributed by atoms with Gasteiger partial charge in [-0.1, -0.05) is 12.2 Å². The second-order valence-electron chi connectivity index (χ2n) is 4.48. The van der Waals surface area contributed by atoms with Gasteiger partial charge in [-0.2, -0.15) is 0 Å². The molecular weight excluding hydrogens is 343 g/mol. The molecule has 1 aromatic heterocycles. The number of thiocarbonyl (C=S) groups is 1. The van der Waals surface area contributed by atoms with Crippen LogP contribution in [0.15, 0.2) is 39.4 Å². The Balaban J connectivity index is 2.13. The van der Waals surface area contributed by atoms with Crippen molar-refractivity contribution in [2.24, 2.45) is 5.73 Å². The van der Waals surface area contributed by atoms with E-state index < -0.39 is 5.82 Å². The van der Waals surface area contributed by atoms with Crippen LogP contribution >= 0.6 is 28.1 Å². The highest BCUT2D eigenvalue weighted by Crippen LogP contribution is 2.27. The van der Waals surface area contributed by atoms with Gasteiger partial charge in [0.25, 0.3) is 0 Å². The maximum atomic E-state index is 14.2. The Morgan fingerprint density at radius 3 is 2.85 bits per heavy atom. The lowest BCUT2D eigenvalue weighted by Gasteiger charge is -2.16. The van der Waals surface area contributed by atoms with Crippen LogP contribution in [0.4, 0.5) is 10.1 Å². The highest BCUT2D eigenvalue weighted by atomic mass is 79.9. The van der Waals surface area contributed by atoms with Crippen molar-refractivity contribution in [3.63, 3.8) is 0 Å². The number of nitrogens with two attached hydrogens (primary N) is 1. The highest BCUT2D eigenvalue weighted by Gasteiger charge is 2.15. The zero-order valence-corrected chi connectivity index (χ0v) is 13.2. The van der Waals surface area contributed by atoms with Gasteiger partial charge in [0, 0.05) is 18.0 Å². The van der Waals surface area contributed by atoms with E-state index in [0.29, 0.717) is 17.7 Å². The van der Waals surface area contributed by atoms with Gasteiger partial charge in [0.15, 0.2) is 5.82 Å². The van der Waals surface area contributed by atoms with Crippen molar-refractivity contribution in [1.82, 2.24) is 0 Å². The maximum absolute atomic E-state index is 14.2. The van der Waals surface area contributed by atoms with E-state index in [-0.39, 0.29) is 15.5 Å². The van der Waals surface area contributed by atoms with Crippen molar-refractivity contribution in [1.29, 1.82) is 0 Å². The van der Waals surface area contributed by atoms with Crippen LogP contribution in [-0.4, -0.2) is 11.0 Å². The lowest BCUT2D eigenvalue weighted by molar-refractivity contribution is 0.497. The highest BCUT2D eigenvalue weighted by molar-refractivity contribution is 9.10. The fourth-order valence-electron chi connectivity index (χ4n) is 1.90. The molecule has 0 saturated heterocycles. The number of halogens is 2. The normalized spacial score (nSPS) is 12.2. The maximum Gasteiger partial charge on any atom is 0.161 e. The molecule has 0 aliphatic carbocycles. The third-order valence-corrected chi connectivity index (χ3v) is 3.83. The average molecular weight is 357 g/mol. The summed E-state index contributed by atoms with van der Waals surface area (Å²) in [5.41, 5.74) is 6.41. The van der Waals surface area contributed by atoms with Crippen LogP contribution in [0.25, 0.3) is 0 Å². The van der Waals surface area contributed by atoms with E-state index in [2.05, 4.69) is 21.2 Å². The summed E-state index contributed by atoms with van der Waals surface area (Å²) >= 11 is 8.05. The van der Waals surface area contributed by atoms with E-state index >= 15 is 0 Å². The van der Waals surface area contributed by atoms with Gasteiger partial charge in [0.2, 0.25) is 0 Å². The van der Waals surface area contributed by atoms with Crippen molar-refractivity contribution >= 4 is 38.8 Å². The lowest BCUT2D eigenvalue weighted by atomic mass is 10.1. The summed E-state index contributed by atoms with van der Waals surface area (Å²) in [5, 5.41) is 3.11. The van der Waals surface area contributed by atoms with Crippen LogP contribution < -0.4 is 11.1 Å². The fraction of sp³-hybridized carbons (Fsp3) is 0.214. The molecule has 20 heavy (non-hydrogen) atoms. The number of furan rings is 1. The van der Waals surface area contributed by atoms with Crippen molar-refractivity contribution < 1.29 is 8.81 Å². The first-order valence-corrected chi connectivity index (χ1v) is 7.26. The van der Waals surface area contributed by atoms with E-state index in [1.807, 2.05) is 19.1 Å². The summed E-state index contributed by atoms with van der Waals surface area (Å²) in [7, 11) is 0. The molecule has 0 spiro atoms. The monoisotopic (exact) mass is 356 g/mol. The Hall–Kier alpha value is -1.40. The molecule has 3 N–H and O–H groups in total. The molecule has 0 radical (unpaired) electrons. The topological polar surface area (TPSA) is 51.2 Å². The minimum absolute atomic E-state index is 0.0261. The lowest BCUT2D eigenvalue weighted by Crippen LogP contribution is -2.19. The van der Waals surface area contributed by atoms with Crippen LogP contribution in [0.3, 0.4) is 0 Å². The van der Waals surface area contributed by atoms with E-state index in [0.717, 1.165) is 5.76 Å². The minimum Gasteiger partial charge on any atom is -0.469 e. The molecule has 1 atom stereocenters. The van der Waals surface area contributed by atoms with E-state index in [1.165, 1.54) is 0 Å². The number of anilines is 1. The Bertz CT molecular complexity index is 616. The predicted octanol–water partition coefficient (Wildman–Crippen LogP) is 3.86. The molecule has 0 saturated carbocycles. The molecule has 3 nitrogen and oxygen atoms in total. The molecule has 6 heteroatoms. The predicted molar refractivity (Wildman–Crippen MR) is 85.5 cm³/mol. The number of benzene rings is 1. The van der Waals surface area contributed by atoms with Gasteiger partial charge in [-0.3, -0.25) is 0 Å². The standard InChI is InChI=1S/C14H14BrFN2OS/c1-8(7-9-3-2-6-19-9)18-11-5-4-10(14(17)20)12(15)13(11)16/h2-6,8,18H,7H2,1H3,(H2,17,20). The Labute approximate surface area is 130 Å². The second kappa shape index (κ2) is 6.37. The Kier molecular flexibility index (Phi) is 4.77. The molecule has 1 aromatic carbocycles. The first kappa shape index (κ1) is 15.0. The third-order valence-electron chi connectivity index (χ3n) is 2.84. The zero-order chi connectivity index (χ0) is 14.7. The van der Waals surface area contributed by atoms with Gasteiger partial charge in [-0.25, -0.2) is 4.39 Å². The van der Waals surface area contributed by atoms with Gasteiger partial charge in [0.05, 0.1) is 16.4 Å². The fourth-order valence-corrected chi connectivity index (χ4v) is 2.76. The van der Waals surface area contributed by atoms with Crippen molar-refractivity contribution in [2.75, 3.05) is 5.32 Å². The summed E-state index contributed by atoms with van der Waals surface area (Å²) in [6.07, 6.45) is 2.29. The smallest absolute Gasteiger partial charge is 0.161 e. The Morgan fingerprint density at radius 1 is 1.50 bits per heavy atom. The first-order chi connectivity index (χ1) is 9.49. The SMILES string of the molecule is CC(Cc1ccco1)Nc1ccc(C(N)=S)c(Br)c1F. The van der Waals surface area contributed by atoms with Crippen LogP contribution in [-0.2, 0) is 6.42 Å². The van der Waals surface area contributed by atoms with Crippen molar-refractivity contribution in [3.05, 3.63) is 52.1 Å². The summed E-state index contributed by atoms with van der Waals surface area (Å²) in [5.74, 6) is 0.450. The summed E-state index contributed by atoms with van der Waals surface area (Å²) in [6, 6.07) is 7.07. The van der Waals surface area contributed by atoms with Crippen LogP contribution in [0, 0.1) is 5.82 Å². The quantitative estimate of drug-likeness (QED) is 0.798. The first-order valence-electron chi connectivity index (χ1n) is 6.05. The molecule has 2 aromatic rings. The second-order valence-corrected chi connectivity index (χ2v) is 5.71. The van der Waals surface area contributed by atoms with Gasteiger partial charge < -0.3 is 15.5 Å². The Morgan fingerprint density at radius 2 is 2.25 bits per heavy atom. The third kappa shape index (κ3) is 3.37. The van der Waals surface area contributed by atoms with E-state index in [4.69, 9.17) is 22.4 Å². The largest absolute Gasteiger partial charge is 0.469 e.